The molecule has 2 amide bonds. The van der Waals surface area contributed by atoms with Crippen molar-refractivity contribution in [1.82, 2.24) is 0 Å². The quantitative estimate of drug-likeness (QED) is 0.727. The maximum atomic E-state index is 13.0. The molecule has 152 valence electrons. The van der Waals surface area contributed by atoms with E-state index in [0.29, 0.717) is 11.4 Å². The normalized spacial score (nSPS) is 14.7. The van der Waals surface area contributed by atoms with Gasteiger partial charge in [0.2, 0.25) is 0 Å². The third-order valence-corrected chi connectivity index (χ3v) is 5.14. The zero-order chi connectivity index (χ0) is 21.3. The number of para-hydroxylation sites is 1. The van der Waals surface area contributed by atoms with E-state index < -0.39 is 11.8 Å². The van der Waals surface area contributed by atoms with E-state index in [2.05, 4.69) is 26.1 Å². The van der Waals surface area contributed by atoms with Crippen LogP contribution in [0, 0.1) is 0 Å². The average molecular weight is 392 g/mol. The molecule has 0 atom stereocenters. The first kappa shape index (κ1) is 20.6. The molecular weight excluding hydrogens is 364 g/mol. The molecule has 0 spiro atoms. The Labute approximate surface area is 172 Å². The smallest absolute Gasteiger partial charge is 0.267 e. The van der Waals surface area contributed by atoms with E-state index in [1.165, 1.54) is 4.90 Å². The highest BCUT2D eigenvalue weighted by Gasteiger charge is 2.36. The van der Waals surface area contributed by atoms with E-state index in [1.54, 1.807) is 6.07 Å². The predicted molar refractivity (Wildman–Crippen MR) is 116 cm³/mol. The fourth-order valence-electron chi connectivity index (χ4n) is 3.44. The second kappa shape index (κ2) is 7.74. The van der Waals surface area contributed by atoms with Crippen LogP contribution in [0.15, 0.2) is 59.9 Å². The third kappa shape index (κ3) is 4.19. The summed E-state index contributed by atoms with van der Waals surface area (Å²) in [6.07, 6.45) is 0. The summed E-state index contributed by atoms with van der Waals surface area (Å²) in [5.74, 6) is -1.08. The van der Waals surface area contributed by atoms with Crippen molar-refractivity contribution in [3.05, 3.63) is 71.0 Å². The van der Waals surface area contributed by atoms with Crippen molar-refractivity contribution in [2.75, 3.05) is 16.8 Å². The summed E-state index contributed by atoms with van der Waals surface area (Å²) < 4.78 is 0. The summed E-state index contributed by atoms with van der Waals surface area (Å²) in [4.78, 5) is 27.3. The van der Waals surface area contributed by atoms with E-state index in [0.717, 1.165) is 11.1 Å². The highest BCUT2D eigenvalue weighted by atomic mass is 16.3. The maximum Gasteiger partial charge on any atom is 0.267 e. The average Bonchev–Trinajstić information content (AvgIpc) is 2.95. The Bertz CT molecular complexity index is 984. The number of aliphatic hydroxyl groups excluding tert-OH is 1. The first-order valence-electron chi connectivity index (χ1n) is 9.84. The van der Waals surface area contributed by atoms with Crippen LogP contribution < -0.4 is 10.2 Å². The molecule has 2 aromatic carbocycles. The SMILES string of the molecule is CC(C)c1ccccc1NC(=O)C1=C(O)CN(c2cccc(C(C)(C)C)c2)C1=O. The van der Waals surface area contributed by atoms with Crippen molar-refractivity contribution in [3.63, 3.8) is 0 Å². The van der Waals surface area contributed by atoms with Gasteiger partial charge in [-0.1, -0.05) is 65.0 Å². The van der Waals surface area contributed by atoms with E-state index in [4.69, 9.17) is 0 Å². The van der Waals surface area contributed by atoms with Crippen molar-refractivity contribution in [3.8, 4) is 0 Å². The van der Waals surface area contributed by atoms with Gasteiger partial charge >= 0.3 is 0 Å². The zero-order valence-electron chi connectivity index (χ0n) is 17.6. The van der Waals surface area contributed by atoms with Crippen molar-refractivity contribution < 1.29 is 14.7 Å². The van der Waals surface area contributed by atoms with Gasteiger partial charge in [-0.15, -0.1) is 0 Å². The van der Waals surface area contributed by atoms with Gasteiger partial charge < -0.3 is 15.3 Å². The fraction of sp³-hybridized carbons (Fsp3) is 0.333. The van der Waals surface area contributed by atoms with Crippen molar-refractivity contribution >= 4 is 23.2 Å². The molecule has 2 aromatic rings. The number of carbonyl (C=O) groups is 2. The van der Waals surface area contributed by atoms with Crippen LogP contribution in [0.2, 0.25) is 0 Å². The summed E-state index contributed by atoms with van der Waals surface area (Å²) in [5.41, 5.74) is 3.08. The van der Waals surface area contributed by atoms with E-state index in [-0.39, 0.29) is 29.2 Å². The summed E-state index contributed by atoms with van der Waals surface area (Å²) in [5, 5.41) is 13.2. The molecule has 0 aliphatic carbocycles. The number of anilines is 2. The Morgan fingerprint density at radius 3 is 2.45 bits per heavy atom. The molecule has 3 rings (SSSR count). The molecule has 0 aromatic heterocycles. The zero-order valence-corrected chi connectivity index (χ0v) is 17.6. The number of aliphatic hydroxyl groups is 1. The summed E-state index contributed by atoms with van der Waals surface area (Å²) in [6, 6.07) is 15.1. The van der Waals surface area contributed by atoms with Gasteiger partial charge in [0.25, 0.3) is 11.8 Å². The summed E-state index contributed by atoms with van der Waals surface area (Å²) >= 11 is 0. The van der Waals surface area contributed by atoms with E-state index in [9.17, 15) is 14.7 Å². The minimum Gasteiger partial charge on any atom is -0.509 e. The molecular formula is C24H28N2O3. The van der Waals surface area contributed by atoms with Crippen molar-refractivity contribution in [2.45, 2.75) is 46.0 Å². The van der Waals surface area contributed by atoms with Crippen molar-refractivity contribution in [1.29, 1.82) is 0 Å². The molecule has 1 aliphatic rings. The van der Waals surface area contributed by atoms with Gasteiger partial charge in [-0.25, -0.2) is 0 Å². The first-order valence-corrected chi connectivity index (χ1v) is 9.84. The Kier molecular flexibility index (Phi) is 5.51. The Hall–Kier alpha value is -3.08. The monoisotopic (exact) mass is 392 g/mol. The third-order valence-electron chi connectivity index (χ3n) is 5.14. The number of amides is 2. The lowest BCUT2D eigenvalue weighted by atomic mass is 9.87. The lowest BCUT2D eigenvalue weighted by Crippen LogP contribution is -2.30. The van der Waals surface area contributed by atoms with Crippen LogP contribution in [0.4, 0.5) is 11.4 Å². The van der Waals surface area contributed by atoms with Crippen LogP contribution in [0.3, 0.4) is 0 Å². The van der Waals surface area contributed by atoms with Gasteiger partial charge in [-0.05, 0) is 40.7 Å². The Balaban J connectivity index is 1.85. The highest BCUT2D eigenvalue weighted by molar-refractivity contribution is 6.29. The molecule has 0 bridgehead atoms. The standard InChI is InChI=1S/C24H28N2O3/c1-15(2)18-11-6-7-12-19(18)25-22(28)21-20(27)14-26(23(21)29)17-10-8-9-16(13-17)24(3,4)5/h6-13,15,27H,14H2,1-5H3,(H,25,28). The molecule has 29 heavy (non-hydrogen) atoms. The lowest BCUT2D eigenvalue weighted by molar-refractivity contribution is -0.119. The second-order valence-corrected chi connectivity index (χ2v) is 8.71. The Morgan fingerprint density at radius 2 is 1.79 bits per heavy atom. The number of rotatable bonds is 4. The molecule has 5 nitrogen and oxygen atoms in total. The van der Waals surface area contributed by atoms with Gasteiger partial charge in [0.05, 0.1) is 6.54 Å². The minimum absolute atomic E-state index is 0.0129. The lowest BCUT2D eigenvalue weighted by Gasteiger charge is -2.23. The van der Waals surface area contributed by atoms with Gasteiger partial charge in [0, 0.05) is 11.4 Å². The van der Waals surface area contributed by atoms with Crippen LogP contribution >= 0.6 is 0 Å². The molecule has 1 aliphatic heterocycles. The number of hydrogen-bond donors (Lipinski definition) is 2. The van der Waals surface area contributed by atoms with E-state index >= 15 is 0 Å². The van der Waals surface area contributed by atoms with E-state index in [1.807, 2.05) is 56.3 Å². The van der Waals surface area contributed by atoms with Crippen molar-refractivity contribution in [2.24, 2.45) is 0 Å². The summed E-state index contributed by atoms with van der Waals surface area (Å²) in [6.45, 7) is 10.3. The maximum absolute atomic E-state index is 13.0. The van der Waals surface area contributed by atoms with Crippen LogP contribution in [0.25, 0.3) is 0 Å². The number of nitrogens with zero attached hydrogens (tertiary/aromatic N) is 1. The number of hydrogen-bond acceptors (Lipinski definition) is 3. The predicted octanol–water partition coefficient (Wildman–Crippen LogP) is 4.90. The second-order valence-electron chi connectivity index (χ2n) is 8.71. The molecule has 0 unspecified atom stereocenters. The number of carbonyl (C=O) groups excluding carboxylic acids is 2. The summed E-state index contributed by atoms with van der Waals surface area (Å²) in [7, 11) is 0. The molecule has 5 heteroatoms. The van der Waals surface area contributed by atoms with Gasteiger partial charge in [0.1, 0.15) is 11.3 Å². The Morgan fingerprint density at radius 1 is 1.10 bits per heavy atom. The van der Waals surface area contributed by atoms with Crippen LogP contribution in [0.1, 0.15) is 51.7 Å². The van der Waals surface area contributed by atoms with Crippen LogP contribution in [-0.2, 0) is 15.0 Å². The van der Waals surface area contributed by atoms with Gasteiger partial charge in [-0.3, -0.25) is 9.59 Å². The number of nitrogens with one attached hydrogen (secondary N) is 1. The molecule has 0 radical (unpaired) electrons. The number of benzene rings is 2. The first-order chi connectivity index (χ1) is 13.6. The fourth-order valence-corrected chi connectivity index (χ4v) is 3.44. The molecule has 1 heterocycles. The largest absolute Gasteiger partial charge is 0.509 e. The molecule has 0 saturated carbocycles. The molecule has 0 saturated heterocycles. The molecule has 0 fully saturated rings. The minimum atomic E-state index is -0.588. The van der Waals surface area contributed by atoms with Gasteiger partial charge in [-0.2, -0.15) is 0 Å². The van der Waals surface area contributed by atoms with Gasteiger partial charge in [0.15, 0.2) is 0 Å². The van der Waals surface area contributed by atoms with Crippen LogP contribution in [0.5, 0.6) is 0 Å². The highest BCUT2D eigenvalue weighted by Crippen LogP contribution is 2.31. The molecule has 2 N–H and O–H groups in total. The van der Waals surface area contributed by atoms with Crippen LogP contribution in [-0.4, -0.2) is 23.5 Å². The topological polar surface area (TPSA) is 69.6 Å².